The summed E-state index contributed by atoms with van der Waals surface area (Å²) in [4.78, 5) is 8.16. The van der Waals surface area contributed by atoms with Crippen LogP contribution in [0.2, 0.25) is 0 Å². The molecule has 0 amide bonds. The summed E-state index contributed by atoms with van der Waals surface area (Å²) in [6.45, 7) is 0.727. The van der Waals surface area contributed by atoms with Crippen molar-refractivity contribution < 1.29 is 4.74 Å². The Morgan fingerprint density at radius 2 is 2.25 bits per heavy atom. The summed E-state index contributed by atoms with van der Waals surface area (Å²) in [5.41, 5.74) is 2.08. The van der Waals surface area contributed by atoms with Crippen molar-refractivity contribution in [3.05, 3.63) is 36.5 Å². The molecule has 0 aromatic carbocycles. The molecule has 0 aliphatic heterocycles. The number of imidazole rings is 1. The quantitative estimate of drug-likeness (QED) is 0.843. The van der Waals surface area contributed by atoms with Crippen molar-refractivity contribution in [1.82, 2.24) is 14.5 Å². The minimum atomic E-state index is 0.617. The number of rotatable bonds is 4. The molecule has 5 heteroatoms. The van der Waals surface area contributed by atoms with E-state index in [1.807, 2.05) is 29.9 Å². The van der Waals surface area contributed by atoms with Crippen LogP contribution < -0.4 is 10.1 Å². The van der Waals surface area contributed by atoms with Gasteiger partial charge in [-0.05, 0) is 6.07 Å². The molecule has 2 heterocycles. The van der Waals surface area contributed by atoms with E-state index < -0.39 is 0 Å². The number of anilines is 1. The Kier molecular flexibility index (Phi) is 3.05. The normalized spacial score (nSPS) is 10.1. The Hall–Kier alpha value is -2.04. The van der Waals surface area contributed by atoms with Crippen LogP contribution in [-0.2, 0) is 13.6 Å². The summed E-state index contributed by atoms with van der Waals surface area (Å²) < 4.78 is 6.96. The third-order valence-corrected chi connectivity index (χ3v) is 2.34. The van der Waals surface area contributed by atoms with Crippen LogP contribution in [0.3, 0.4) is 0 Å². The van der Waals surface area contributed by atoms with Gasteiger partial charge >= 0.3 is 0 Å². The molecule has 0 fully saturated rings. The first-order chi connectivity index (χ1) is 7.79. The van der Waals surface area contributed by atoms with Crippen LogP contribution in [0.25, 0.3) is 0 Å². The number of hydrogen-bond donors (Lipinski definition) is 1. The number of aromatic nitrogens is 3. The number of nitrogens with zero attached hydrogens (tertiary/aromatic N) is 3. The standard InChI is InChI=1S/C11H14N4O/c1-15-8-12-6-10(15)7-13-9-3-4-11(16-2)14-5-9/h3-6,8,13H,7H2,1-2H3. The van der Waals surface area contributed by atoms with Gasteiger partial charge in [0.1, 0.15) is 0 Å². The molecule has 0 unspecified atom stereocenters. The van der Waals surface area contributed by atoms with Crippen LogP contribution in [0.1, 0.15) is 5.69 Å². The minimum absolute atomic E-state index is 0.617. The Bertz CT molecular complexity index is 449. The summed E-state index contributed by atoms with van der Waals surface area (Å²) in [5.74, 6) is 0.617. The fraction of sp³-hybridized carbons (Fsp3) is 0.273. The van der Waals surface area contributed by atoms with E-state index in [0.717, 1.165) is 17.9 Å². The molecular weight excluding hydrogens is 204 g/mol. The molecule has 2 aromatic rings. The topological polar surface area (TPSA) is 52.0 Å². The number of ether oxygens (including phenoxy) is 1. The highest BCUT2D eigenvalue weighted by molar-refractivity contribution is 5.42. The van der Waals surface area contributed by atoms with Gasteiger partial charge in [-0.1, -0.05) is 0 Å². The first kappa shape index (κ1) is 10.5. The molecule has 0 saturated carbocycles. The SMILES string of the molecule is COc1ccc(NCc2cncn2C)cn1. The molecule has 0 aliphatic carbocycles. The second-order valence-corrected chi connectivity index (χ2v) is 3.44. The van der Waals surface area contributed by atoms with Gasteiger partial charge in [-0.3, -0.25) is 0 Å². The second kappa shape index (κ2) is 4.65. The first-order valence-corrected chi connectivity index (χ1v) is 4.98. The van der Waals surface area contributed by atoms with Gasteiger partial charge < -0.3 is 14.6 Å². The molecule has 0 bridgehead atoms. The highest BCUT2D eigenvalue weighted by Crippen LogP contribution is 2.11. The highest BCUT2D eigenvalue weighted by Gasteiger charge is 1.98. The third kappa shape index (κ3) is 2.31. The van der Waals surface area contributed by atoms with Crippen molar-refractivity contribution in [3.8, 4) is 5.88 Å². The van der Waals surface area contributed by atoms with E-state index in [9.17, 15) is 0 Å². The number of nitrogens with one attached hydrogen (secondary N) is 1. The molecule has 1 N–H and O–H groups in total. The van der Waals surface area contributed by atoms with Gasteiger partial charge in [-0.2, -0.15) is 0 Å². The Labute approximate surface area is 94.1 Å². The number of hydrogen-bond acceptors (Lipinski definition) is 4. The van der Waals surface area contributed by atoms with Crippen molar-refractivity contribution in [2.75, 3.05) is 12.4 Å². The lowest BCUT2D eigenvalue weighted by atomic mass is 10.4. The predicted octanol–water partition coefficient (Wildman–Crippen LogP) is 1.44. The predicted molar refractivity (Wildman–Crippen MR) is 61.3 cm³/mol. The molecule has 0 aliphatic rings. The number of pyridine rings is 1. The van der Waals surface area contributed by atoms with Crippen molar-refractivity contribution >= 4 is 5.69 Å². The lowest BCUT2D eigenvalue weighted by Crippen LogP contribution is -2.04. The Morgan fingerprint density at radius 1 is 1.38 bits per heavy atom. The van der Waals surface area contributed by atoms with E-state index in [2.05, 4.69) is 15.3 Å². The molecule has 0 radical (unpaired) electrons. The van der Waals surface area contributed by atoms with Gasteiger partial charge in [-0.25, -0.2) is 9.97 Å². The summed E-state index contributed by atoms with van der Waals surface area (Å²) in [5, 5.41) is 3.26. The van der Waals surface area contributed by atoms with E-state index in [1.54, 1.807) is 19.6 Å². The lowest BCUT2D eigenvalue weighted by molar-refractivity contribution is 0.398. The van der Waals surface area contributed by atoms with Gasteiger partial charge in [0.05, 0.1) is 37.6 Å². The largest absolute Gasteiger partial charge is 0.481 e. The van der Waals surface area contributed by atoms with Crippen molar-refractivity contribution in [2.45, 2.75) is 6.54 Å². The fourth-order valence-electron chi connectivity index (χ4n) is 1.35. The van der Waals surface area contributed by atoms with E-state index in [4.69, 9.17) is 4.74 Å². The summed E-state index contributed by atoms with van der Waals surface area (Å²) >= 11 is 0. The van der Waals surface area contributed by atoms with Crippen LogP contribution >= 0.6 is 0 Å². The fourth-order valence-corrected chi connectivity index (χ4v) is 1.35. The second-order valence-electron chi connectivity index (χ2n) is 3.44. The monoisotopic (exact) mass is 218 g/mol. The minimum Gasteiger partial charge on any atom is -0.481 e. The average molecular weight is 218 g/mol. The number of methoxy groups -OCH3 is 1. The Morgan fingerprint density at radius 3 is 2.81 bits per heavy atom. The van der Waals surface area contributed by atoms with E-state index in [-0.39, 0.29) is 0 Å². The summed E-state index contributed by atoms with van der Waals surface area (Å²) in [6.07, 6.45) is 5.36. The number of aryl methyl sites for hydroxylation is 1. The molecule has 5 nitrogen and oxygen atoms in total. The van der Waals surface area contributed by atoms with Crippen LogP contribution in [0.5, 0.6) is 5.88 Å². The third-order valence-electron chi connectivity index (χ3n) is 2.34. The Balaban J connectivity index is 1.97. The maximum absolute atomic E-state index is 4.99. The zero-order valence-corrected chi connectivity index (χ0v) is 9.34. The van der Waals surface area contributed by atoms with Gasteiger partial charge in [0, 0.05) is 19.3 Å². The molecule has 0 saturated heterocycles. The molecule has 84 valence electrons. The van der Waals surface area contributed by atoms with Crippen LogP contribution in [-0.4, -0.2) is 21.6 Å². The van der Waals surface area contributed by atoms with E-state index in [0.29, 0.717) is 5.88 Å². The molecular formula is C11H14N4O. The maximum Gasteiger partial charge on any atom is 0.213 e. The smallest absolute Gasteiger partial charge is 0.213 e. The highest BCUT2D eigenvalue weighted by atomic mass is 16.5. The average Bonchev–Trinajstić information content (AvgIpc) is 2.73. The summed E-state index contributed by atoms with van der Waals surface area (Å²) in [7, 11) is 3.57. The van der Waals surface area contributed by atoms with Crippen LogP contribution in [0.15, 0.2) is 30.9 Å². The van der Waals surface area contributed by atoms with Gasteiger partial charge in [0.25, 0.3) is 0 Å². The first-order valence-electron chi connectivity index (χ1n) is 4.98. The zero-order chi connectivity index (χ0) is 11.4. The molecule has 0 atom stereocenters. The zero-order valence-electron chi connectivity index (χ0n) is 9.34. The molecule has 0 spiro atoms. The molecule has 2 rings (SSSR count). The lowest BCUT2D eigenvalue weighted by Gasteiger charge is -2.06. The molecule has 16 heavy (non-hydrogen) atoms. The van der Waals surface area contributed by atoms with E-state index >= 15 is 0 Å². The maximum atomic E-state index is 4.99. The van der Waals surface area contributed by atoms with Crippen LogP contribution in [0.4, 0.5) is 5.69 Å². The van der Waals surface area contributed by atoms with Gasteiger partial charge in [0.15, 0.2) is 0 Å². The van der Waals surface area contributed by atoms with Crippen molar-refractivity contribution in [3.63, 3.8) is 0 Å². The van der Waals surface area contributed by atoms with Crippen molar-refractivity contribution in [1.29, 1.82) is 0 Å². The van der Waals surface area contributed by atoms with Crippen molar-refractivity contribution in [2.24, 2.45) is 7.05 Å². The van der Waals surface area contributed by atoms with Crippen LogP contribution in [0, 0.1) is 0 Å². The van der Waals surface area contributed by atoms with Gasteiger partial charge in [-0.15, -0.1) is 0 Å². The summed E-state index contributed by atoms with van der Waals surface area (Å²) in [6, 6.07) is 3.76. The van der Waals surface area contributed by atoms with E-state index in [1.165, 1.54) is 0 Å². The molecule has 2 aromatic heterocycles. The van der Waals surface area contributed by atoms with Gasteiger partial charge in [0.2, 0.25) is 5.88 Å².